The third kappa shape index (κ3) is 1.92. The van der Waals surface area contributed by atoms with Crippen molar-refractivity contribution < 1.29 is 9.18 Å². The summed E-state index contributed by atoms with van der Waals surface area (Å²) in [6, 6.07) is 10.7. The number of amides is 1. The second kappa shape index (κ2) is 4.77. The molecule has 1 aliphatic heterocycles. The van der Waals surface area contributed by atoms with Crippen LogP contribution in [0.2, 0.25) is 5.02 Å². The summed E-state index contributed by atoms with van der Waals surface area (Å²) in [5, 5.41) is 15.2. The maximum atomic E-state index is 13.9. The summed E-state index contributed by atoms with van der Waals surface area (Å²) in [6.45, 7) is 0. The summed E-state index contributed by atoms with van der Waals surface area (Å²) < 4.78 is 13.9. The van der Waals surface area contributed by atoms with Gasteiger partial charge in [-0.05, 0) is 24.3 Å². The summed E-state index contributed by atoms with van der Waals surface area (Å²) in [6.07, 6.45) is -1.17. The molecule has 102 valence electrons. The molecule has 0 bridgehead atoms. The molecule has 0 aliphatic carbocycles. The van der Waals surface area contributed by atoms with Gasteiger partial charge in [0, 0.05) is 11.3 Å². The molecule has 1 atom stereocenters. The van der Waals surface area contributed by atoms with E-state index in [1.807, 2.05) is 0 Å². The highest BCUT2D eigenvalue weighted by Crippen LogP contribution is 2.36. The van der Waals surface area contributed by atoms with E-state index in [9.17, 15) is 14.4 Å². The van der Waals surface area contributed by atoms with Crippen LogP contribution in [-0.2, 0) is 0 Å². The smallest absolute Gasteiger partial charge is 0.247 e. The summed E-state index contributed by atoms with van der Waals surface area (Å²) in [7, 11) is 0. The first-order valence-corrected chi connectivity index (χ1v) is 6.27. The average molecular weight is 292 g/mol. The number of hydrogen-bond acceptors (Lipinski definition) is 3. The number of para-hydroxylation sites is 1. The highest BCUT2D eigenvalue weighted by molar-refractivity contribution is 6.31. The molecule has 1 heterocycles. The van der Waals surface area contributed by atoms with Crippen LogP contribution in [0.1, 0.15) is 22.1 Å². The summed E-state index contributed by atoms with van der Waals surface area (Å²) in [5.41, 5.74) is 0.701. The van der Waals surface area contributed by atoms with E-state index < -0.39 is 17.9 Å². The number of hydroxylamine groups is 2. The molecule has 4 nitrogen and oxygen atoms in total. The minimum absolute atomic E-state index is 0.0352. The lowest BCUT2D eigenvalue weighted by atomic mass is 10.0. The van der Waals surface area contributed by atoms with Crippen LogP contribution in [0.25, 0.3) is 0 Å². The number of nitrogens with one attached hydrogen (secondary N) is 1. The zero-order chi connectivity index (χ0) is 14.3. The molecular formula is C14H9ClFN2O2-. The topological polar surface area (TPSA) is 55.4 Å². The number of rotatable bonds is 1. The lowest BCUT2D eigenvalue weighted by Crippen LogP contribution is -2.39. The fourth-order valence-electron chi connectivity index (χ4n) is 2.20. The minimum atomic E-state index is -1.17. The Labute approximate surface area is 119 Å². The Morgan fingerprint density at radius 3 is 2.70 bits per heavy atom. The Morgan fingerprint density at radius 2 is 1.95 bits per heavy atom. The predicted octanol–water partition coefficient (Wildman–Crippen LogP) is 3.54. The van der Waals surface area contributed by atoms with Gasteiger partial charge in [-0.2, -0.15) is 0 Å². The molecule has 6 heteroatoms. The molecule has 0 saturated carbocycles. The van der Waals surface area contributed by atoms with E-state index in [0.29, 0.717) is 5.69 Å². The molecular weight excluding hydrogens is 283 g/mol. The van der Waals surface area contributed by atoms with Crippen LogP contribution in [0, 0.1) is 11.0 Å². The average Bonchev–Trinajstić information content (AvgIpc) is 2.44. The van der Waals surface area contributed by atoms with Crippen molar-refractivity contribution in [2.45, 2.75) is 6.17 Å². The standard InChI is InChI=1S/C14H9ClFN2O2/c15-9-5-3-6-10(16)12(9)13-17-11-7-2-1-4-8(11)14(19)18(13)20/h1-7,13,17H/q-1. The monoisotopic (exact) mass is 291 g/mol. The van der Waals surface area contributed by atoms with Crippen LogP contribution >= 0.6 is 11.6 Å². The first-order valence-electron chi connectivity index (χ1n) is 5.90. The van der Waals surface area contributed by atoms with Gasteiger partial charge in [0.1, 0.15) is 12.0 Å². The number of hydrogen-bond donors (Lipinski definition) is 1. The van der Waals surface area contributed by atoms with Crippen LogP contribution in [0.3, 0.4) is 0 Å². The van der Waals surface area contributed by atoms with Gasteiger partial charge in [0.15, 0.2) is 0 Å². The highest BCUT2D eigenvalue weighted by atomic mass is 35.5. The molecule has 0 fully saturated rings. The van der Waals surface area contributed by atoms with Gasteiger partial charge in [-0.3, -0.25) is 4.79 Å². The fourth-order valence-corrected chi connectivity index (χ4v) is 2.47. The Kier molecular flexibility index (Phi) is 3.08. The molecule has 1 amide bonds. The number of fused-ring (bicyclic) bond motifs is 1. The predicted molar refractivity (Wildman–Crippen MR) is 73.8 cm³/mol. The molecule has 0 aromatic heterocycles. The van der Waals surface area contributed by atoms with E-state index in [1.54, 1.807) is 18.2 Å². The number of benzene rings is 2. The van der Waals surface area contributed by atoms with Crippen molar-refractivity contribution in [3.05, 3.63) is 69.6 Å². The molecule has 20 heavy (non-hydrogen) atoms. The quantitative estimate of drug-likeness (QED) is 0.874. The molecule has 0 radical (unpaired) electrons. The zero-order valence-corrected chi connectivity index (χ0v) is 10.9. The van der Waals surface area contributed by atoms with E-state index >= 15 is 0 Å². The highest BCUT2D eigenvalue weighted by Gasteiger charge is 2.30. The number of carbonyl (C=O) groups excluding carboxylic acids is 1. The molecule has 2 aromatic rings. The van der Waals surface area contributed by atoms with Crippen LogP contribution in [0.4, 0.5) is 10.1 Å². The largest absolute Gasteiger partial charge is 0.754 e. The summed E-state index contributed by atoms with van der Waals surface area (Å²) in [5.74, 6) is -1.35. The van der Waals surface area contributed by atoms with Crippen LogP contribution < -0.4 is 5.32 Å². The molecule has 1 aliphatic rings. The van der Waals surface area contributed by atoms with Crippen molar-refractivity contribution in [2.24, 2.45) is 0 Å². The van der Waals surface area contributed by atoms with Crippen molar-refractivity contribution in [1.82, 2.24) is 5.06 Å². The molecule has 0 spiro atoms. The van der Waals surface area contributed by atoms with Crippen LogP contribution in [-0.4, -0.2) is 11.0 Å². The van der Waals surface area contributed by atoms with E-state index in [4.69, 9.17) is 11.6 Å². The first kappa shape index (κ1) is 12.9. The van der Waals surface area contributed by atoms with Crippen molar-refractivity contribution >= 4 is 23.2 Å². The fraction of sp³-hybridized carbons (Fsp3) is 0.0714. The Bertz CT molecular complexity index is 672. The van der Waals surface area contributed by atoms with Gasteiger partial charge in [0.2, 0.25) is 5.91 Å². The van der Waals surface area contributed by atoms with Gasteiger partial charge in [0.25, 0.3) is 0 Å². The Balaban J connectivity index is 2.11. The maximum Gasteiger partial charge on any atom is 0.247 e. The first-order chi connectivity index (χ1) is 9.59. The van der Waals surface area contributed by atoms with Crippen molar-refractivity contribution in [3.8, 4) is 0 Å². The van der Waals surface area contributed by atoms with Crippen molar-refractivity contribution in [1.29, 1.82) is 0 Å². The number of anilines is 1. The summed E-state index contributed by atoms with van der Waals surface area (Å²) in [4.78, 5) is 12.0. The van der Waals surface area contributed by atoms with Gasteiger partial charge in [0.05, 0.1) is 10.6 Å². The van der Waals surface area contributed by atoms with Gasteiger partial charge < -0.3 is 15.6 Å². The van der Waals surface area contributed by atoms with E-state index in [-0.39, 0.29) is 21.2 Å². The maximum absolute atomic E-state index is 13.9. The molecule has 3 rings (SSSR count). The second-order valence-corrected chi connectivity index (χ2v) is 4.77. The van der Waals surface area contributed by atoms with E-state index in [0.717, 1.165) is 0 Å². The molecule has 2 aromatic carbocycles. The van der Waals surface area contributed by atoms with E-state index in [1.165, 1.54) is 24.3 Å². The second-order valence-electron chi connectivity index (χ2n) is 4.36. The number of halogens is 2. The van der Waals surface area contributed by atoms with Gasteiger partial charge in [-0.15, -0.1) is 0 Å². The number of carbonyl (C=O) groups is 1. The van der Waals surface area contributed by atoms with Gasteiger partial charge in [-0.25, -0.2) is 4.39 Å². The van der Waals surface area contributed by atoms with Gasteiger partial charge in [-0.1, -0.05) is 29.8 Å². The van der Waals surface area contributed by atoms with E-state index in [2.05, 4.69) is 5.32 Å². The molecule has 0 saturated heterocycles. The Morgan fingerprint density at radius 1 is 1.20 bits per heavy atom. The van der Waals surface area contributed by atoms with Gasteiger partial charge >= 0.3 is 0 Å². The van der Waals surface area contributed by atoms with Crippen LogP contribution in [0.5, 0.6) is 0 Å². The minimum Gasteiger partial charge on any atom is -0.754 e. The number of nitrogens with zero attached hydrogens (tertiary/aromatic N) is 1. The lowest BCUT2D eigenvalue weighted by molar-refractivity contribution is 0.0769. The normalized spacial score (nSPS) is 17.6. The molecule has 1 unspecified atom stereocenters. The summed E-state index contributed by atoms with van der Waals surface area (Å²) >= 11 is 5.95. The van der Waals surface area contributed by atoms with Crippen LogP contribution in [0.15, 0.2) is 42.5 Å². The van der Waals surface area contributed by atoms with Crippen molar-refractivity contribution in [3.63, 3.8) is 0 Å². The van der Waals surface area contributed by atoms with Crippen molar-refractivity contribution in [2.75, 3.05) is 5.32 Å². The SMILES string of the molecule is O=C1c2ccccc2NC(c2c(F)cccc2Cl)N1[O-]. The lowest BCUT2D eigenvalue weighted by Gasteiger charge is -2.42. The third-order valence-corrected chi connectivity index (χ3v) is 3.49. The Hall–Kier alpha value is -2.11. The zero-order valence-electron chi connectivity index (χ0n) is 10.1. The third-order valence-electron chi connectivity index (χ3n) is 3.16. The molecule has 1 N–H and O–H groups in total.